The average Bonchev–Trinajstić information content (AvgIpc) is 2.49. The molecular formula is C14H26N4O. The first kappa shape index (κ1) is 14.3. The summed E-state index contributed by atoms with van der Waals surface area (Å²) in [5.74, 6) is 0.532. The van der Waals surface area contributed by atoms with Crippen molar-refractivity contribution in [1.29, 1.82) is 0 Å². The Morgan fingerprint density at radius 1 is 1.37 bits per heavy atom. The van der Waals surface area contributed by atoms with Gasteiger partial charge in [0.1, 0.15) is 11.4 Å². The van der Waals surface area contributed by atoms with Gasteiger partial charge in [0, 0.05) is 12.6 Å². The molecule has 1 saturated heterocycles. The van der Waals surface area contributed by atoms with E-state index in [9.17, 15) is 4.79 Å². The van der Waals surface area contributed by atoms with Gasteiger partial charge in [-0.25, -0.2) is 4.79 Å². The molecule has 0 saturated carbocycles. The summed E-state index contributed by atoms with van der Waals surface area (Å²) in [6, 6.07) is -0.00790. The van der Waals surface area contributed by atoms with Crippen LogP contribution in [0.5, 0.6) is 0 Å². The van der Waals surface area contributed by atoms with Gasteiger partial charge in [0.25, 0.3) is 0 Å². The number of aliphatic imine (C=N–C) groups is 1. The minimum absolute atomic E-state index is 0.148. The van der Waals surface area contributed by atoms with E-state index < -0.39 is 0 Å². The number of amides is 2. The molecule has 0 radical (unpaired) electrons. The van der Waals surface area contributed by atoms with E-state index >= 15 is 0 Å². The highest BCUT2D eigenvalue weighted by atomic mass is 16.2. The summed E-state index contributed by atoms with van der Waals surface area (Å²) in [6.45, 7) is 9.52. The first-order valence-electron chi connectivity index (χ1n) is 7.41. The van der Waals surface area contributed by atoms with E-state index in [0.717, 1.165) is 38.9 Å². The zero-order valence-corrected chi connectivity index (χ0v) is 12.4. The van der Waals surface area contributed by atoms with Crippen molar-refractivity contribution in [1.82, 2.24) is 9.80 Å². The molecule has 2 amide bonds. The summed E-state index contributed by atoms with van der Waals surface area (Å²) in [5.41, 5.74) is 5.80. The SMILES string of the molecule is CCCN1CCCC2(CC1)C(N)=NC(=O)N2C(C)C. The summed E-state index contributed by atoms with van der Waals surface area (Å²) >= 11 is 0. The van der Waals surface area contributed by atoms with Gasteiger partial charge in [-0.15, -0.1) is 0 Å². The number of rotatable bonds is 3. The number of likely N-dealkylation sites (tertiary alicyclic amines) is 1. The largest absolute Gasteiger partial charge is 0.385 e. The van der Waals surface area contributed by atoms with Crippen LogP contribution in [-0.4, -0.2) is 52.9 Å². The molecule has 1 fully saturated rings. The molecule has 2 heterocycles. The van der Waals surface area contributed by atoms with Crippen LogP contribution in [0, 0.1) is 0 Å². The molecule has 2 N–H and O–H groups in total. The van der Waals surface area contributed by atoms with E-state index in [1.807, 2.05) is 18.7 Å². The standard InChI is InChI=1S/C14H26N4O/c1-4-8-17-9-5-6-14(7-10-17)12(15)16-13(19)18(14)11(2)3/h11H,4-10H2,1-3H3,(H2,15,16,19). The number of urea groups is 1. The van der Waals surface area contributed by atoms with Crippen molar-refractivity contribution >= 4 is 11.9 Å². The molecule has 1 atom stereocenters. The molecular weight excluding hydrogens is 240 g/mol. The number of hydrogen-bond donors (Lipinski definition) is 1. The van der Waals surface area contributed by atoms with E-state index in [1.54, 1.807) is 0 Å². The number of nitrogens with zero attached hydrogens (tertiary/aromatic N) is 3. The van der Waals surface area contributed by atoms with E-state index in [2.05, 4.69) is 16.8 Å². The van der Waals surface area contributed by atoms with E-state index in [0.29, 0.717) is 5.84 Å². The van der Waals surface area contributed by atoms with Crippen LogP contribution in [-0.2, 0) is 0 Å². The minimum atomic E-state index is -0.326. The van der Waals surface area contributed by atoms with Crippen LogP contribution >= 0.6 is 0 Å². The first-order chi connectivity index (χ1) is 9.01. The summed E-state index contributed by atoms with van der Waals surface area (Å²) in [7, 11) is 0. The van der Waals surface area contributed by atoms with Gasteiger partial charge in [0.15, 0.2) is 0 Å². The minimum Gasteiger partial charge on any atom is -0.385 e. The Labute approximate surface area is 115 Å². The molecule has 2 aliphatic rings. The van der Waals surface area contributed by atoms with Crippen molar-refractivity contribution in [2.75, 3.05) is 19.6 Å². The Bertz CT molecular complexity index is 380. The zero-order chi connectivity index (χ0) is 14.0. The predicted octanol–water partition coefficient (Wildman–Crippen LogP) is 1.82. The van der Waals surface area contributed by atoms with Crippen LogP contribution < -0.4 is 5.73 Å². The van der Waals surface area contributed by atoms with Gasteiger partial charge in [0.05, 0.1) is 0 Å². The second-order valence-corrected chi connectivity index (χ2v) is 5.97. The molecule has 5 heteroatoms. The molecule has 1 unspecified atom stereocenters. The molecule has 19 heavy (non-hydrogen) atoms. The molecule has 108 valence electrons. The van der Waals surface area contributed by atoms with Gasteiger partial charge in [-0.3, -0.25) is 0 Å². The van der Waals surface area contributed by atoms with Crippen LogP contribution in [0.15, 0.2) is 4.99 Å². The van der Waals surface area contributed by atoms with Crippen LogP contribution in [0.3, 0.4) is 0 Å². The smallest absolute Gasteiger partial charge is 0.346 e. The lowest BCUT2D eigenvalue weighted by molar-refractivity contribution is 0.135. The van der Waals surface area contributed by atoms with Crippen LogP contribution in [0.2, 0.25) is 0 Å². The lowest BCUT2D eigenvalue weighted by atomic mass is 9.87. The predicted molar refractivity (Wildman–Crippen MR) is 77.3 cm³/mol. The number of carbonyl (C=O) groups is 1. The Hall–Kier alpha value is -1.10. The summed E-state index contributed by atoms with van der Waals surface area (Å²) in [6.07, 6.45) is 4.09. The van der Waals surface area contributed by atoms with Crippen LogP contribution in [0.4, 0.5) is 4.79 Å². The maximum Gasteiger partial charge on any atom is 0.346 e. The molecule has 0 aromatic rings. The summed E-state index contributed by atoms with van der Waals surface area (Å²) < 4.78 is 0. The first-order valence-corrected chi connectivity index (χ1v) is 7.41. The lowest BCUT2D eigenvalue weighted by Crippen LogP contribution is -2.57. The Balaban J connectivity index is 2.20. The number of nitrogens with two attached hydrogens (primary N) is 1. The van der Waals surface area contributed by atoms with Crippen molar-refractivity contribution in [2.45, 2.75) is 58.0 Å². The van der Waals surface area contributed by atoms with Gasteiger partial charge in [-0.2, -0.15) is 4.99 Å². The third kappa shape index (κ3) is 2.48. The van der Waals surface area contributed by atoms with Gasteiger partial charge >= 0.3 is 6.03 Å². The van der Waals surface area contributed by atoms with Crippen LogP contribution in [0.1, 0.15) is 46.5 Å². The zero-order valence-electron chi connectivity index (χ0n) is 12.4. The van der Waals surface area contributed by atoms with Crippen molar-refractivity contribution in [2.24, 2.45) is 10.7 Å². The van der Waals surface area contributed by atoms with Gasteiger partial charge < -0.3 is 15.5 Å². The quantitative estimate of drug-likeness (QED) is 0.847. The number of carbonyl (C=O) groups excluding carboxylic acids is 1. The fourth-order valence-electron chi connectivity index (χ4n) is 3.49. The fourth-order valence-corrected chi connectivity index (χ4v) is 3.49. The second kappa shape index (κ2) is 5.49. The third-order valence-electron chi connectivity index (χ3n) is 4.32. The van der Waals surface area contributed by atoms with Gasteiger partial charge in [-0.1, -0.05) is 6.92 Å². The molecule has 0 aliphatic carbocycles. The van der Waals surface area contributed by atoms with E-state index in [4.69, 9.17) is 5.73 Å². The average molecular weight is 266 g/mol. The van der Waals surface area contributed by atoms with E-state index in [1.165, 1.54) is 6.42 Å². The highest BCUT2D eigenvalue weighted by molar-refractivity contribution is 6.06. The van der Waals surface area contributed by atoms with Crippen molar-refractivity contribution in [3.8, 4) is 0 Å². The Morgan fingerprint density at radius 2 is 2.11 bits per heavy atom. The van der Waals surface area contributed by atoms with E-state index in [-0.39, 0.29) is 17.6 Å². The topological polar surface area (TPSA) is 61.9 Å². The molecule has 1 spiro atoms. The summed E-state index contributed by atoms with van der Waals surface area (Å²) in [4.78, 5) is 20.5. The van der Waals surface area contributed by atoms with Crippen molar-refractivity contribution < 1.29 is 4.79 Å². The van der Waals surface area contributed by atoms with Gasteiger partial charge in [0.2, 0.25) is 0 Å². The summed E-state index contributed by atoms with van der Waals surface area (Å²) in [5, 5.41) is 0. The van der Waals surface area contributed by atoms with Crippen LogP contribution in [0.25, 0.3) is 0 Å². The second-order valence-electron chi connectivity index (χ2n) is 5.97. The Morgan fingerprint density at radius 3 is 2.74 bits per heavy atom. The maximum absolute atomic E-state index is 12.1. The van der Waals surface area contributed by atoms with Gasteiger partial charge in [-0.05, 0) is 52.6 Å². The molecule has 2 rings (SSSR count). The molecule has 2 aliphatic heterocycles. The number of amidine groups is 1. The highest BCUT2D eigenvalue weighted by Crippen LogP contribution is 2.35. The molecule has 0 aromatic carbocycles. The Kier molecular flexibility index (Phi) is 4.13. The molecule has 0 bridgehead atoms. The fraction of sp³-hybridized carbons (Fsp3) is 0.857. The molecule has 5 nitrogen and oxygen atoms in total. The highest BCUT2D eigenvalue weighted by Gasteiger charge is 2.49. The lowest BCUT2D eigenvalue weighted by Gasteiger charge is -2.40. The normalized spacial score (nSPS) is 29.2. The monoisotopic (exact) mass is 266 g/mol. The number of hydrogen-bond acceptors (Lipinski definition) is 3. The van der Waals surface area contributed by atoms with Crippen molar-refractivity contribution in [3.05, 3.63) is 0 Å². The van der Waals surface area contributed by atoms with Crippen molar-refractivity contribution in [3.63, 3.8) is 0 Å². The third-order valence-corrected chi connectivity index (χ3v) is 4.32. The molecule has 0 aromatic heterocycles. The maximum atomic E-state index is 12.1.